The summed E-state index contributed by atoms with van der Waals surface area (Å²) in [6.07, 6.45) is 9.05. The van der Waals surface area contributed by atoms with E-state index in [1.54, 1.807) is 49.5 Å². The molecule has 1 unspecified atom stereocenters. The molecule has 9 atom stereocenters. The van der Waals surface area contributed by atoms with Crippen molar-refractivity contribution in [3.05, 3.63) is 71.4 Å². The van der Waals surface area contributed by atoms with Crippen molar-refractivity contribution in [3.63, 3.8) is 0 Å². The molecule has 0 saturated heterocycles. The van der Waals surface area contributed by atoms with Gasteiger partial charge in [-0.25, -0.2) is 4.79 Å². The summed E-state index contributed by atoms with van der Waals surface area (Å²) >= 11 is 6.28. The summed E-state index contributed by atoms with van der Waals surface area (Å²) in [6.45, 7) is 5.32. The Morgan fingerprint density at radius 3 is 2.26 bits per heavy atom. The molecule has 242 valence electrons. The van der Waals surface area contributed by atoms with Crippen molar-refractivity contribution < 1.29 is 50.1 Å². The predicted molar refractivity (Wildman–Crippen MR) is 164 cm³/mol. The van der Waals surface area contributed by atoms with E-state index >= 15 is 0 Å². The Bertz CT molecular complexity index is 1050. The molecule has 0 bridgehead atoms. The largest absolute Gasteiger partial charge is 0.481 e. The molecule has 0 aromatic carbocycles. The lowest BCUT2D eigenvalue weighted by atomic mass is 9.85. The van der Waals surface area contributed by atoms with Crippen LogP contribution in [0, 0.1) is 11.8 Å². The van der Waals surface area contributed by atoms with Crippen LogP contribution in [0.1, 0.15) is 59.3 Å². The molecule has 0 radical (unpaired) electrons. The number of carbonyl (C=O) groups excluding carboxylic acids is 1. The number of allylic oxidation sites excluding steroid dienone is 9. The fourth-order valence-electron chi connectivity index (χ4n) is 4.41. The highest BCUT2D eigenvalue weighted by Crippen LogP contribution is 2.27. The Morgan fingerprint density at radius 2 is 1.60 bits per heavy atom. The lowest BCUT2D eigenvalue weighted by molar-refractivity contribution is -0.159. The van der Waals surface area contributed by atoms with Gasteiger partial charge in [-0.05, 0) is 32.3 Å². The van der Waals surface area contributed by atoms with E-state index in [0.29, 0.717) is 6.42 Å². The SMILES string of the molecule is CC/C=C/[C@@H](O)C[C@H](O)CC(O)[C@@H](O)[C@H](O)[C@H](C)/C(Cl)=C/C=C/C=C(C)/C=C/C=C/C(=O)O[C@@H]1C[C@@H](C(=O)O)CC[C@@H]1O. The number of rotatable bonds is 17. The number of esters is 1. The van der Waals surface area contributed by atoms with Crippen LogP contribution in [0.2, 0.25) is 0 Å². The van der Waals surface area contributed by atoms with E-state index in [2.05, 4.69) is 0 Å². The molecular weight excluding hydrogens is 580 g/mol. The maximum Gasteiger partial charge on any atom is 0.331 e. The summed E-state index contributed by atoms with van der Waals surface area (Å²) in [5.41, 5.74) is 0.825. The summed E-state index contributed by atoms with van der Waals surface area (Å²) in [4.78, 5) is 23.2. The normalized spacial score (nSPS) is 24.8. The van der Waals surface area contributed by atoms with E-state index in [1.807, 2.05) is 13.8 Å². The number of ether oxygens (including phenoxy) is 1. The third-order valence-electron chi connectivity index (χ3n) is 7.11. The summed E-state index contributed by atoms with van der Waals surface area (Å²) in [5, 5.41) is 70.4. The number of halogens is 1. The molecule has 7 N–H and O–H groups in total. The Morgan fingerprint density at radius 1 is 0.953 bits per heavy atom. The average molecular weight is 627 g/mol. The minimum Gasteiger partial charge on any atom is -0.481 e. The third-order valence-corrected chi connectivity index (χ3v) is 7.58. The number of carbonyl (C=O) groups is 2. The zero-order valence-corrected chi connectivity index (χ0v) is 25.7. The topological polar surface area (TPSA) is 185 Å². The first-order chi connectivity index (χ1) is 20.3. The molecule has 1 fully saturated rings. The van der Waals surface area contributed by atoms with Crippen LogP contribution in [0.25, 0.3) is 0 Å². The van der Waals surface area contributed by atoms with E-state index in [0.717, 1.165) is 12.0 Å². The van der Waals surface area contributed by atoms with Crippen LogP contribution < -0.4 is 0 Å². The first kappa shape index (κ1) is 38.5. The van der Waals surface area contributed by atoms with Crippen LogP contribution in [0.4, 0.5) is 0 Å². The molecule has 43 heavy (non-hydrogen) atoms. The quantitative estimate of drug-likeness (QED) is 0.0548. The van der Waals surface area contributed by atoms with Gasteiger partial charge in [0.15, 0.2) is 0 Å². The Balaban J connectivity index is 2.56. The van der Waals surface area contributed by atoms with E-state index < -0.39 is 66.5 Å². The maximum absolute atomic E-state index is 12.0. The average Bonchev–Trinajstić information content (AvgIpc) is 2.95. The van der Waals surface area contributed by atoms with Crippen LogP contribution in [-0.2, 0) is 14.3 Å². The van der Waals surface area contributed by atoms with Crippen molar-refractivity contribution in [1.82, 2.24) is 0 Å². The number of carboxylic acids is 1. The van der Waals surface area contributed by atoms with Crippen LogP contribution in [0.15, 0.2) is 71.4 Å². The van der Waals surface area contributed by atoms with E-state index in [9.17, 15) is 40.2 Å². The standard InChI is InChI=1S/C32H47ClO10/c1-4-5-12-23(34)18-24(35)19-27(37)31(40)30(39)21(3)25(33)13-8-6-10-20(2)11-7-9-14-29(38)43-28-17-22(32(41)42)15-16-26(28)36/h5-14,21-24,26-28,30-31,34-37,39-40H,4,15-19H2,1-3H3,(H,41,42)/b8-6+,11-7+,12-5+,14-9+,20-10+,25-13-/t21-,22+,23-,24+,26+,27?,28-,30-,31-/m1/s1. The Labute approximate surface area is 258 Å². The van der Waals surface area contributed by atoms with Crippen LogP contribution in [0.3, 0.4) is 0 Å². The van der Waals surface area contributed by atoms with Gasteiger partial charge in [-0.2, -0.15) is 0 Å². The van der Waals surface area contributed by atoms with Gasteiger partial charge in [0.2, 0.25) is 0 Å². The molecule has 0 aliphatic heterocycles. The van der Waals surface area contributed by atoms with Gasteiger partial charge in [0.25, 0.3) is 0 Å². The van der Waals surface area contributed by atoms with Gasteiger partial charge in [-0.1, -0.05) is 79.6 Å². The number of hydrogen-bond acceptors (Lipinski definition) is 9. The van der Waals surface area contributed by atoms with Crippen molar-refractivity contribution in [1.29, 1.82) is 0 Å². The second-order valence-electron chi connectivity index (χ2n) is 10.8. The summed E-state index contributed by atoms with van der Waals surface area (Å²) in [7, 11) is 0. The van der Waals surface area contributed by atoms with Gasteiger partial charge in [-0.3, -0.25) is 4.79 Å². The molecule has 1 rings (SSSR count). The maximum atomic E-state index is 12.0. The molecule has 1 saturated carbocycles. The molecular formula is C32H47ClO10. The lowest BCUT2D eigenvalue weighted by Gasteiger charge is -2.30. The second kappa shape index (κ2) is 20.4. The highest BCUT2D eigenvalue weighted by atomic mass is 35.5. The van der Waals surface area contributed by atoms with Crippen molar-refractivity contribution in [2.45, 2.75) is 102 Å². The smallest absolute Gasteiger partial charge is 0.331 e. The fraction of sp³-hybridized carbons (Fsp3) is 0.562. The van der Waals surface area contributed by atoms with Crippen LogP contribution >= 0.6 is 11.6 Å². The lowest BCUT2D eigenvalue weighted by Crippen LogP contribution is -2.42. The van der Waals surface area contributed by atoms with Crippen LogP contribution in [-0.4, -0.2) is 90.4 Å². The molecule has 11 heteroatoms. The van der Waals surface area contributed by atoms with Gasteiger partial charge < -0.3 is 40.5 Å². The van der Waals surface area contributed by atoms with Gasteiger partial charge in [0.05, 0.1) is 36.4 Å². The van der Waals surface area contributed by atoms with E-state index in [-0.39, 0.29) is 30.7 Å². The first-order valence-electron chi connectivity index (χ1n) is 14.5. The van der Waals surface area contributed by atoms with E-state index in [1.165, 1.54) is 18.2 Å². The molecule has 0 aromatic heterocycles. The monoisotopic (exact) mass is 626 g/mol. The van der Waals surface area contributed by atoms with Gasteiger partial charge in [-0.15, -0.1) is 0 Å². The molecule has 0 aromatic rings. The molecule has 0 spiro atoms. The number of aliphatic carboxylic acids is 1. The predicted octanol–water partition coefficient (Wildman–Crippen LogP) is 3.07. The zero-order chi connectivity index (χ0) is 32.5. The Hall–Kier alpha value is -2.57. The summed E-state index contributed by atoms with van der Waals surface area (Å²) in [5.74, 6) is -3.01. The molecule has 1 aliphatic carbocycles. The number of aliphatic hydroxyl groups is 6. The van der Waals surface area contributed by atoms with Crippen molar-refractivity contribution in [2.75, 3.05) is 0 Å². The van der Waals surface area contributed by atoms with Crippen molar-refractivity contribution in [2.24, 2.45) is 11.8 Å². The second-order valence-corrected chi connectivity index (χ2v) is 11.3. The van der Waals surface area contributed by atoms with Gasteiger partial charge >= 0.3 is 11.9 Å². The highest BCUT2D eigenvalue weighted by molar-refractivity contribution is 6.30. The van der Waals surface area contributed by atoms with Crippen molar-refractivity contribution in [3.8, 4) is 0 Å². The Kier molecular flexibility index (Phi) is 18.2. The first-order valence-corrected chi connectivity index (χ1v) is 14.9. The summed E-state index contributed by atoms with van der Waals surface area (Å²) < 4.78 is 5.21. The minimum absolute atomic E-state index is 0.00963. The minimum atomic E-state index is -1.56. The number of aliphatic hydroxyl groups excluding tert-OH is 6. The highest BCUT2D eigenvalue weighted by Gasteiger charge is 2.35. The third kappa shape index (κ3) is 15.1. The number of carboxylic acid groups (broad SMARTS) is 1. The van der Waals surface area contributed by atoms with E-state index in [4.69, 9.17) is 21.4 Å². The molecule has 0 heterocycles. The van der Waals surface area contributed by atoms with Crippen LogP contribution in [0.5, 0.6) is 0 Å². The van der Waals surface area contributed by atoms with Gasteiger partial charge in [0.1, 0.15) is 12.2 Å². The van der Waals surface area contributed by atoms with Crippen molar-refractivity contribution >= 4 is 23.5 Å². The van der Waals surface area contributed by atoms with Gasteiger partial charge in [0, 0.05) is 36.3 Å². The molecule has 0 amide bonds. The summed E-state index contributed by atoms with van der Waals surface area (Å²) in [6, 6.07) is 0. The zero-order valence-electron chi connectivity index (χ0n) is 24.9. The number of hydrogen-bond donors (Lipinski definition) is 7. The fourth-order valence-corrected chi connectivity index (χ4v) is 4.61. The molecule has 10 nitrogen and oxygen atoms in total. The molecule has 1 aliphatic rings.